The number of thiophene rings is 1. The van der Waals surface area contributed by atoms with Crippen LogP contribution in [0.2, 0.25) is 5.02 Å². The van der Waals surface area contributed by atoms with Crippen LogP contribution in [0.1, 0.15) is 21.6 Å². The maximum absolute atomic E-state index is 13.5. The Labute approximate surface area is 245 Å². The lowest BCUT2D eigenvalue weighted by molar-refractivity contribution is -0.137. The summed E-state index contributed by atoms with van der Waals surface area (Å²) in [7, 11) is 0. The van der Waals surface area contributed by atoms with Crippen molar-refractivity contribution in [3.05, 3.63) is 91.8 Å². The van der Waals surface area contributed by atoms with E-state index in [9.17, 15) is 18.0 Å². The van der Waals surface area contributed by atoms with E-state index < -0.39 is 11.7 Å². The molecule has 0 unspecified atom stereocenters. The Morgan fingerprint density at radius 1 is 0.927 bits per heavy atom. The van der Waals surface area contributed by atoms with Gasteiger partial charge >= 0.3 is 6.18 Å². The summed E-state index contributed by atoms with van der Waals surface area (Å²) in [6.45, 7) is 6.64. The number of anilines is 1. The number of benzene rings is 2. The minimum absolute atomic E-state index is 0.0183. The van der Waals surface area contributed by atoms with Crippen molar-refractivity contribution in [3.8, 4) is 0 Å². The third-order valence-electron chi connectivity index (χ3n) is 8.10. The van der Waals surface area contributed by atoms with E-state index in [0.29, 0.717) is 31.9 Å². The SMILES string of the molecule is O=c1c2c3c(sc2ncn1CCN1CCN(c2cccc(C(F)(F)F)c2)CC1)CN(CCc1ccc(Cl)cc1)CC3. The molecule has 2 aromatic carbocycles. The molecular weight excluding hydrogens is 571 g/mol. The average molecular weight is 602 g/mol. The molecule has 0 atom stereocenters. The molecule has 2 aromatic heterocycles. The highest BCUT2D eigenvalue weighted by Gasteiger charge is 2.31. The van der Waals surface area contributed by atoms with Crippen LogP contribution in [0.4, 0.5) is 18.9 Å². The first kappa shape index (κ1) is 28.2. The van der Waals surface area contributed by atoms with Crippen LogP contribution in [0.15, 0.2) is 59.7 Å². The molecule has 2 aliphatic heterocycles. The third-order valence-corrected chi connectivity index (χ3v) is 9.48. The second-order valence-electron chi connectivity index (χ2n) is 10.7. The fourth-order valence-electron chi connectivity index (χ4n) is 5.72. The van der Waals surface area contributed by atoms with Crippen molar-refractivity contribution in [3.63, 3.8) is 0 Å². The van der Waals surface area contributed by atoms with Gasteiger partial charge in [0.15, 0.2) is 0 Å². The molecule has 1 saturated heterocycles. The first-order chi connectivity index (χ1) is 19.7. The van der Waals surface area contributed by atoms with Crippen molar-refractivity contribution < 1.29 is 13.2 Å². The maximum Gasteiger partial charge on any atom is 0.416 e. The van der Waals surface area contributed by atoms with Crippen LogP contribution in [-0.4, -0.2) is 65.2 Å². The maximum atomic E-state index is 13.5. The first-order valence-electron chi connectivity index (χ1n) is 13.9. The number of piperazine rings is 1. The summed E-state index contributed by atoms with van der Waals surface area (Å²) in [5, 5.41) is 1.51. The number of nitrogens with zero attached hydrogens (tertiary/aromatic N) is 5. The monoisotopic (exact) mass is 601 g/mol. The molecule has 11 heteroatoms. The molecule has 0 bridgehead atoms. The summed E-state index contributed by atoms with van der Waals surface area (Å²) in [5.41, 5.74) is 2.40. The van der Waals surface area contributed by atoms with Gasteiger partial charge in [0.1, 0.15) is 4.83 Å². The average Bonchev–Trinajstić information content (AvgIpc) is 3.35. The first-order valence-corrected chi connectivity index (χ1v) is 15.0. The molecule has 216 valence electrons. The van der Waals surface area contributed by atoms with E-state index in [-0.39, 0.29) is 5.56 Å². The van der Waals surface area contributed by atoms with Crippen LogP contribution in [0.25, 0.3) is 10.2 Å². The Kier molecular flexibility index (Phi) is 8.09. The highest BCUT2D eigenvalue weighted by molar-refractivity contribution is 7.18. The zero-order valence-corrected chi connectivity index (χ0v) is 24.1. The van der Waals surface area contributed by atoms with Crippen molar-refractivity contribution in [2.24, 2.45) is 0 Å². The summed E-state index contributed by atoms with van der Waals surface area (Å²) in [6.07, 6.45) is -0.895. The van der Waals surface area contributed by atoms with Gasteiger partial charge in [0.2, 0.25) is 0 Å². The number of alkyl halides is 3. The normalized spacial score (nSPS) is 16.8. The van der Waals surface area contributed by atoms with Crippen LogP contribution in [0.5, 0.6) is 0 Å². The summed E-state index contributed by atoms with van der Waals surface area (Å²) >= 11 is 7.63. The molecule has 4 aromatic rings. The fraction of sp³-hybridized carbons (Fsp3) is 0.400. The van der Waals surface area contributed by atoms with E-state index in [1.807, 2.05) is 17.0 Å². The van der Waals surface area contributed by atoms with Crippen LogP contribution in [-0.2, 0) is 32.1 Å². The van der Waals surface area contributed by atoms with Gasteiger partial charge in [-0.05, 0) is 54.3 Å². The van der Waals surface area contributed by atoms with Crippen molar-refractivity contribution in [2.75, 3.05) is 50.7 Å². The quantitative estimate of drug-likeness (QED) is 0.278. The Morgan fingerprint density at radius 3 is 2.46 bits per heavy atom. The fourth-order valence-corrected chi connectivity index (χ4v) is 7.06. The third kappa shape index (κ3) is 6.30. The predicted octanol–water partition coefficient (Wildman–Crippen LogP) is 5.55. The van der Waals surface area contributed by atoms with Crippen LogP contribution >= 0.6 is 22.9 Å². The number of halogens is 4. The largest absolute Gasteiger partial charge is 0.416 e. The molecule has 0 aliphatic carbocycles. The van der Waals surface area contributed by atoms with E-state index >= 15 is 0 Å². The molecule has 41 heavy (non-hydrogen) atoms. The van der Waals surface area contributed by atoms with Crippen molar-refractivity contribution in [1.29, 1.82) is 0 Å². The van der Waals surface area contributed by atoms with Gasteiger partial charge < -0.3 is 4.90 Å². The molecule has 2 aliphatic rings. The highest BCUT2D eigenvalue weighted by atomic mass is 35.5. The molecule has 0 N–H and O–H groups in total. The van der Waals surface area contributed by atoms with Gasteiger partial charge in [-0.3, -0.25) is 19.2 Å². The Bertz CT molecular complexity index is 1580. The van der Waals surface area contributed by atoms with E-state index in [1.165, 1.54) is 22.6 Å². The lowest BCUT2D eigenvalue weighted by atomic mass is 10.0. The smallest absolute Gasteiger partial charge is 0.369 e. The van der Waals surface area contributed by atoms with E-state index in [4.69, 9.17) is 11.6 Å². The van der Waals surface area contributed by atoms with E-state index in [1.54, 1.807) is 28.3 Å². The summed E-state index contributed by atoms with van der Waals surface area (Å²) < 4.78 is 41.1. The number of fused-ring (bicyclic) bond motifs is 3. The summed E-state index contributed by atoms with van der Waals surface area (Å²) in [5.74, 6) is 0. The van der Waals surface area contributed by atoms with Gasteiger partial charge in [0.05, 0.1) is 17.3 Å². The molecule has 0 spiro atoms. The molecule has 6 nitrogen and oxygen atoms in total. The standard InChI is InChI=1S/C30H31ClF3N5OS/c31-23-6-4-21(5-7-23)8-10-37-11-9-25-26(19-37)41-28-27(25)29(40)39(20-35-28)17-14-36-12-15-38(16-13-36)24-3-1-2-22(18-24)30(32,33)34/h1-7,18,20H,8-17,19H2. The lowest BCUT2D eigenvalue weighted by Crippen LogP contribution is -2.47. The van der Waals surface area contributed by atoms with Gasteiger partial charge in [-0.2, -0.15) is 13.2 Å². The molecule has 0 radical (unpaired) electrons. The predicted molar refractivity (Wildman–Crippen MR) is 158 cm³/mol. The number of aromatic nitrogens is 2. The van der Waals surface area contributed by atoms with Gasteiger partial charge in [-0.15, -0.1) is 11.3 Å². The topological polar surface area (TPSA) is 44.6 Å². The lowest BCUT2D eigenvalue weighted by Gasteiger charge is -2.36. The van der Waals surface area contributed by atoms with E-state index in [0.717, 1.165) is 72.4 Å². The Balaban J connectivity index is 1.06. The molecular formula is C30H31ClF3N5OS. The molecule has 1 fully saturated rings. The van der Waals surface area contributed by atoms with Crippen LogP contribution < -0.4 is 10.5 Å². The second-order valence-corrected chi connectivity index (χ2v) is 12.2. The molecule has 6 rings (SSSR count). The number of rotatable bonds is 7. The zero-order valence-electron chi connectivity index (χ0n) is 22.5. The summed E-state index contributed by atoms with van der Waals surface area (Å²) in [6, 6.07) is 13.5. The van der Waals surface area contributed by atoms with Gasteiger partial charge in [0.25, 0.3) is 5.56 Å². The van der Waals surface area contributed by atoms with Crippen molar-refractivity contribution in [2.45, 2.75) is 32.1 Å². The van der Waals surface area contributed by atoms with Crippen molar-refractivity contribution >= 4 is 38.8 Å². The van der Waals surface area contributed by atoms with Gasteiger partial charge in [0, 0.05) is 74.5 Å². The van der Waals surface area contributed by atoms with Gasteiger partial charge in [-0.1, -0.05) is 29.8 Å². The Hall–Kier alpha value is -2.92. The highest BCUT2D eigenvalue weighted by Crippen LogP contribution is 2.33. The number of hydrogen-bond donors (Lipinski definition) is 0. The molecule has 4 heterocycles. The molecule has 0 amide bonds. The van der Waals surface area contributed by atoms with Gasteiger partial charge in [-0.25, -0.2) is 4.98 Å². The van der Waals surface area contributed by atoms with E-state index in [2.05, 4.69) is 26.9 Å². The molecule has 0 saturated carbocycles. The Morgan fingerprint density at radius 2 is 1.71 bits per heavy atom. The minimum Gasteiger partial charge on any atom is -0.369 e. The minimum atomic E-state index is -4.35. The zero-order chi connectivity index (χ0) is 28.6. The summed E-state index contributed by atoms with van der Waals surface area (Å²) in [4.78, 5) is 26.9. The number of hydrogen-bond acceptors (Lipinski definition) is 6. The van der Waals surface area contributed by atoms with Crippen molar-refractivity contribution in [1.82, 2.24) is 19.4 Å². The van der Waals surface area contributed by atoms with Crippen LogP contribution in [0, 0.1) is 0 Å². The van der Waals surface area contributed by atoms with Crippen LogP contribution in [0.3, 0.4) is 0 Å². The second kappa shape index (κ2) is 11.8.